The zero-order chi connectivity index (χ0) is 12.8. The summed E-state index contributed by atoms with van der Waals surface area (Å²) in [7, 11) is 0. The van der Waals surface area contributed by atoms with E-state index in [0.717, 1.165) is 12.2 Å². The molecule has 0 saturated carbocycles. The SMILES string of the molecule is CC=CC=CC(=O)[O-].CC=CC=CC(=O)[O-].[K+].[K+]. The maximum absolute atomic E-state index is 9.64. The van der Waals surface area contributed by atoms with Gasteiger partial charge in [-0.05, 0) is 26.0 Å². The predicted octanol–water partition coefficient (Wildman–Crippen LogP) is -6.25. The first-order valence-electron chi connectivity index (χ1n) is 4.55. The second-order valence-electron chi connectivity index (χ2n) is 2.41. The van der Waals surface area contributed by atoms with Crippen molar-refractivity contribution < 1.29 is 123 Å². The third kappa shape index (κ3) is 36.0. The molecule has 0 rings (SSSR count). The Balaban J connectivity index is -0.0000000980. The maximum Gasteiger partial charge on any atom is 1.00 e. The Kier molecular flexibility index (Phi) is 35.6. The molecule has 0 bridgehead atoms. The van der Waals surface area contributed by atoms with Gasteiger partial charge in [0.05, 0.1) is 11.9 Å². The van der Waals surface area contributed by atoms with Gasteiger partial charge in [-0.15, -0.1) is 0 Å². The van der Waals surface area contributed by atoms with Crippen molar-refractivity contribution in [2.45, 2.75) is 13.8 Å². The molecular weight excluding hydrogens is 286 g/mol. The zero-order valence-corrected chi connectivity index (χ0v) is 17.5. The van der Waals surface area contributed by atoms with Crippen LogP contribution < -0.4 is 113 Å². The molecule has 4 nitrogen and oxygen atoms in total. The van der Waals surface area contributed by atoms with Gasteiger partial charge in [-0.25, -0.2) is 0 Å². The van der Waals surface area contributed by atoms with E-state index in [-0.39, 0.29) is 103 Å². The maximum atomic E-state index is 9.64. The molecule has 0 N–H and O–H groups in total. The Morgan fingerprint density at radius 2 is 1.00 bits per heavy atom. The number of carbonyl (C=O) groups excluding carboxylic acids is 2. The topological polar surface area (TPSA) is 80.3 Å². The molecule has 88 valence electrons. The molecule has 0 atom stereocenters. The fraction of sp³-hybridized carbons (Fsp3) is 0.167. The first-order valence-corrected chi connectivity index (χ1v) is 4.55. The van der Waals surface area contributed by atoms with E-state index in [4.69, 9.17) is 0 Å². The van der Waals surface area contributed by atoms with Gasteiger partial charge < -0.3 is 19.8 Å². The average Bonchev–Trinajstić information content (AvgIpc) is 2.18. The summed E-state index contributed by atoms with van der Waals surface area (Å²) in [5, 5.41) is 19.3. The minimum atomic E-state index is -1.16. The summed E-state index contributed by atoms with van der Waals surface area (Å²) in [6.45, 7) is 3.61. The molecule has 0 aromatic heterocycles. The molecule has 0 unspecified atom stereocenters. The van der Waals surface area contributed by atoms with Crippen molar-refractivity contribution in [2.75, 3.05) is 0 Å². The largest absolute Gasteiger partial charge is 1.00 e. The number of aliphatic carboxylic acids is 2. The number of carboxylic acid groups (broad SMARTS) is 2. The quantitative estimate of drug-likeness (QED) is 0.294. The van der Waals surface area contributed by atoms with Gasteiger partial charge in [-0.1, -0.05) is 36.5 Å². The zero-order valence-electron chi connectivity index (χ0n) is 11.3. The van der Waals surface area contributed by atoms with Gasteiger partial charge in [0, 0.05) is 0 Å². The van der Waals surface area contributed by atoms with E-state index in [2.05, 4.69) is 0 Å². The smallest absolute Gasteiger partial charge is 0.545 e. The van der Waals surface area contributed by atoms with Crippen LogP contribution >= 0.6 is 0 Å². The standard InChI is InChI=1S/2C6H8O2.2K/c2*1-2-3-4-5-6(7)8;;/h2*2-5H,1H3,(H,7,8);;/q;;2*+1/p-2. The van der Waals surface area contributed by atoms with Gasteiger partial charge >= 0.3 is 103 Å². The molecule has 0 fully saturated rings. The summed E-state index contributed by atoms with van der Waals surface area (Å²) in [6.07, 6.45) is 11.5. The molecule has 0 saturated heterocycles. The van der Waals surface area contributed by atoms with E-state index in [1.807, 2.05) is 0 Å². The average molecular weight is 300 g/mol. The summed E-state index contributed by atoms with van der Waals surface area (Å²) in [5.41, 5.74) is 0. The van der Waals surface area contributed by atoms with Crippen LogP contribution in [-0.2, 0) is 9.59 Å². The molecule has 6 heteroatoms. The summed E-state index contributed by atoms with van der Waals surface area (Å²) >= 11 is 0. The summed E-state index contributed by atoms with van der Waals surface area (Å²) < 4.78 is 0. The Morgan fingerprint density at radius 1 is 0.722 bits per heavy atom. The minimum Gasteiger partial charge on any atom is -0.545 e. The van der Waals surface area contributed by atoms with Crippen molar-refractivity contribution in [3.8, 4) is 0 Å². The van der Waals surface area contributed by atoms with Crippen LogP contribution in [0.15, 0.2) is 48.6 Å². The second kappa shape index (κ2) is 23.3. The fourth-order valence-corrected chi connectivity index (χ4v) is 0.490. The molecular formula is C12H14K2O4. The number of carbonyl (C=O) groups is 2. The van der Waals surface area contributed by atoms with Gasteiger partial charge in [0.1, 0.15) is 0 Å². The number of hydrogen-bond donors (Lipinski definition) is 0. The van der Waals surface area contributed by atoms with Crippen molar-refractivity contribution in [1.29, 1.82) is 0 Å². The molecule has 0 aromatic carbocycles. The normalized spacial score (nSPS) is 9.89. The second-order valence-corrected chi connectivity index (χ2v) is 2.41. The van der Waals surface area contributed by atoms with Crippen LogP contribution in [0.3, 0.4) is 0 Å². The first kappa shape index (κ1) is 27.5. The van der Waals surface area contributed by atoms with Crippen molar-refractivity contribution in [1.82, 2.24) is 0 Å². The van der Waals surface area contributed by atoms with Gasteiger partial charge in [-0.3, -0.25) is 0 Å². The van der Waals surface area contributed by atoms with Crippen LogP contribution in [0.4, 0.5) is 0 Å². The van der Waals surface area contributed by atoms with Crippen LogP contribution in [0.2, 0.25) is 0 Å². The fourth-order valence-electron chi connectivity index (χ4n) is 0.490. The van der Waals surface area contributed by atoms with Gasteiger partial charge in [-0.2, -0.15) is 0 Å². The van der Waals surface area contributed by atoms with E-state index in [9.17, 15) is 19.8 Å². The summed E-state index contributed by atoms with van der Waals surface area (Å²) in [6, 6.07) is 0. The Labute approximate surface area is 193 Å². The number of rotatable bonds is 4. The third-order valence-electron chi connectivity index (χ3n) is 1.07. The van der Waals surface area contributed by atoms with Crippen LogP contribution in [0.5, 0.6) is 0 Å². The third-order valence-corrected chi connectivity index (χ3v) is 1.07. The van der Waals surface area contributed by atoms with E-state index >= 15 is 0 Å². The van der Waals surface area contributed by atoms with E-state index in [1.165, 1.54) is 12.2 Å². The van der Waals surface area contributed by atoms with Crippen molar-refractivity contribution >= 4 is 11.9 Å². The molecule has 0 spiro atoms. The monoisotopic (exact) mass is 300 g/mol. The predicted molar refractivity (Wildman–Crippen MR) is 57.9 cm³/mol. The van der Waals surface area contributed by atoms with Crippen molar-refractivity contribution in [3.05, 3.63) is 48.6 Å². The molecule has 0 aromatic rings. The van der Waals surface area contributed by atoms with Crippen molar-refractivity contribution in [2.24, 2.45) is 0 Å². The number of allylic oxidation sites excluding steroid dienone is 6. The van der Waals surface area contributed by atoms with E-state index in [0.29, 0.717) is 0 Å². The minimum absolute atomic E-state index is 0. The first-order chi connectivity index (χ1) is 7.54. The molecule has 0 aliphatic rings. The van der Waals surface area contributed by atoms with Crippen LogP contribution in [0.25, 0.3) is 0 Å². The molecule has 0 aliphatic carbocycles. The summed E-state index contributed by atoms with van der Waals surface area (Å²) in [4.78, 5) is 19.3. The molecule has 0 radical (unpaired) electrons. The summed E-state index contributed by atoms with van der Waals surface area (Å²) in [5.74, 6) is -2.33. The van der Waals surface area contributed by atoms with Crippen LogP contribution in [0.1, 0.15) is 13.8 Å². The van der Waals surface area contributed by atoms with Gasteiger partial charge in [0.2, 0.25) is 0 Å². The van der Waals surface area contributed by atoms with Crippen LogP contribution in [0, 0.1) is 0 Å². The Hall–Kier alpha value is 1.17. The number of carboxylic acids is 2. The molecule has 0 amide bonds. The molecule has 0 heterocycles. The molecule has 0 aliphatic heterocycles. The molecule has 18 heavy (non-hydrogen) atoms. The van der Waals surface area contributed by atoms with E-state index in [1.54, 1.807) is 38.2 Å². The Morgan fingerprint density at radius 3 is 1.17 bits per heavy atom. The van der Waals surface area contributed by atoms with Gasteiger partial charge in [0.15, 0.2) is 0 Å². The van der Waals surface area contributed by atoms with Gasteiger partial charge in [0.25, 0.3) is 0 Å². The van der Waals surface area contributed by atoms with E-state index < -0.39 is 11.9 Å². The van der Waals surface area contributed by atoms with Crippen molar-refractivity contribution in [3.63, 3.8) is 0 Å². The Bertz CT molecular complexity index is 286. The van der Waals surface area contributed by atoms with Crippen LogP contribution in [-0.4, -0.2) is 11.9 Å². The number of hydrogen-bond acceptors (Lipinski definition) is 4.